The van der Waals surface area contributed by atoms with Crippen molar-refractivity contribution in [3.8, 4) is 6.01 Å². The van der Waals surface area contributed by atoms with Gasteiger partial charge in [0.2, 0.25) is 0 Å². The van der Waals surface area contributed by atoms with E-state index in [2.05, 4.69) is 4.98 Å². The van der Waals surface area contributed by atoms with Crippen molar-refractivity contribution in [2.45, 2.75) is 11.4 Å². The molecule has 0 aliphatic carbocycles. The maximum atomic E-state index is 12.9. The van der Waals surface area contributed by atoms with Gasteiger partial charge in [0.1, 0.15) is 18.6 Å². The van der Waals surface area contributed by atoms with Gasteiger partial charge in [-0.3, -0.25) is 4.57 Å². The Morgan fingerprint density at radius 3 is 2.63 bits per heavy atom. The smallest absolute Gasteiger partial charge is 0.414 e. The Labute approximate surface area is 152 Å². The molecule has 0 saturated carbocycles. The Balaban J connectivity index is 1.70. The lowest BCUT2D eigenvalue weighted by atomic mass is 10.4. The molecule has 2 heterocycles. The van der Waals surface area contributed by atoms with E-state index >= 15 is 0 Å². The zero-order chi connectivity index (χ0) is 19.6. The van der Waals surface area contributed by atoms with Crippen molar-refractivity contribution in [3.05, 3.63) is 46.4 Å². The second kappa shape index (κ2) is 7.19. The SMILES string of the molecule is O=C(NS(=O)(=O)c1ccc(F)cc1)N1CCOc2nc([N+](=O)[O-])cn2CC1. The van der Waals surface area contributed by atoms with Gasteiger partial charge in [-0.2, -0.15) is 0 Å². The molecule has 2 amide bonds. The number of benzene rings is 1. The number of sulfonamides is 1. The first-order chi connectivity index (χ1) is 12.8. The van der Waals surface area contributed by atoms with Gasteiger partial charge in [0.05, 0.1) is 11.4 Å². The highest BCUT2D eigenvalue weighted by Gasteiger charge is 2.26. The average Bonchev–Trinajstić information content (AvgIpc) is 2.97. The van der Waals surface area contributed by atoms with Crippen LogP contribution >= 0.6 is 0 Å². The van der Waals surface area contributed by atoms with E-state index in [1.807, 2.05) is 4.72 Å². The summed E-state index contributed by atoms with van der Waals surface area (Å²) in [5.74, 6) is -0.992. The van der Waals surface area contributed by atoms with Gasteiger partial charge in [-0.25, -0.2) is 22.3 Å². The molecule has 0 fully saturated rings. The van der Waals surface area contributed by atoms with Crippen LogP contribution in [0.5, 0.6) is 6.01 Å². The van der Waals surface area contributed by atoms with E-state index in [0.717, 1.165) is 24.3 Å². The number of rotatable bonds is 3. The molecule has 3 rings (SSSR count). The first kappa shape index (κ1) is 18.6. The lowest BCUT2D eigenvalue weighted by Gasteiger charge is -2.24. The quantitative estimate of drug-likeness (QED) is 0.593. The van der Waals surface area contributed by atoms with Crippen LogP contribution < -0.4 is 9.46 Å². The van der Waals surface area contributed by atoms with Crippen LogP contribution in [0.3, 0.4) is 0 Å². The third kappa shape index (κ3) is 4.13. The van der Waals surface area contributed by atoms with Crippen molar-refractivity contribution in [1.29, 1.82) is 0 Å². The molecule has 2 aromatic rings. The second-order valence-corrected chi connectivity index (χ2v) is 7.21. The van der Waals surface area contributed by atoms with Crippen molar-refractivity contribution in [2.24, 2.45) is 0 Å². The van der Waals surface area contributed by atoms with Gasteiger partial charge in [0.25, 0.3) is 10.0 Å². The highest BCUT2D eigenvalue weighted by Crippen LogP contribution is 2.19. The number of hydrogen-bond acceptors (Lipinski definition) is 7. The summed E-state index contributed by atoms with van der Waals surface area (Å²) in [6.07, 6.45) is 1.17. The van der Waals surface area contributed by atoms with Gasteiger partial charge in [-0.05, 0) is 29.2 Å². The van der Waals surface area contributed by atoms with E-state index in [4.69, 9.17) is 4.74 Å². The molecule has 144 valence electrons. The molecule has 0 radical (unpaired) electrons. The number of amides is 2. The van der Waals surface area contributed by atoms with Crippen LogP contribution in [0, 0.1) is 15.9 Å². The molecule has 13 heteroatoms. The minimum absolute atomic E-state index is 0.0296. The highest BCUT2D eigenvalue weighted by molar-refractivity contribution is 7.90. The van der Waals surface area contributed by atoms with Crippen LogP contribution in [0.1, 0.15) is 0 Å². The predicted octanol–water partition coefficient (Wildman–Crippen LogP) is 0.723. The predicted molar refractivity (Wildman–Crippen MR) is 88.1 cm³/mol. The van der Waals surface area contributed by atoms with Crippen molar-refractivity contribution in [2.75, 3.05) is 19.7 Å². The summed E-state index contributed by atoms with van der Waals surface area (Å²) in [6.45, 7) is 0.221. The van der Waals surface area contributed by atoms with Crippen LogP contribution in [0.2, 0.25) is 0 Å². The summed E-state index contributed by atoms with van der Waals surface area (Å²) in [7, 11) is -4.17. The molecular weight excluding hydrogens is 385 g/mol. The molecule has 0 unspecified atom stereocenters. The molecule has 1 aliphatic heterocycles. The Hall–Kier alpha value is -3.22. The van der Waals surface area contributed by atoms with Crippen molar-refractivity contribution < 1.29 is 27.3 Å². The van der Waals surface area contributed by atoms with Gasteiger partial charge in [0.15, 0.2) is 0 Å². The zero-order valence-electron chi connectivity index (χ0n) is 13.7. The number of nitro groups is 1. The molecule has 0 bridgehead atoms. The molecule has 11 nitrogen and oxygen atoms in total. The highest BCUT2D eigenvalue weighted by atomic mass is 32.2. The van der Waals surface area contributed by atoms with Crippen LogP contribution in [-0.4, -0.2) is 53.5 Å². The van der Waals surface area contributed by atoms with Crippen LogP contribution in [-0.2, 0) is 16.6 Å². The Morgan fingerprint density at radius 1 is 1.26 bits per heavy atom. The number of aromatic nitrogens is 2. The summed E-state index contributed by atoms with van der Waals surface area (Å²) in [4.78, 5) is 27.1. The first-order valence-corrected chi connectivity index (χ1v) is 9.16. The lowest BCUT2D eigenvalue weighted by molar-refractivity contribution is -0.389. The van der Waals surface area contributed by atoms with Gasteiger partial charge < -0.3 is 19.8 Å². The van der Waals surface area contributed by atoms with Crippen LogP contribution in [0.4, 0.5) is 15.0 Å². The summed E-state index contributed by atoms with van der Waals surface area (Å²) in [5, 5.41) is 10.8. The van der Waals surface area contributed by atoms with Crippen molar-refractivity contribution in [3.63, 3.8) is 0 Å². The number of fused-ring (bicyclic) bond motifs is 1. The number of imidazole rings is 1. The van der Waals surface area contributed by atoms with E-state index in [1.54, 1.807) is 0 Å². The van der Waals surface area contributed by atoms with Crippen LogP contribution in [0.25, 0.3) is 0 Å². The summed E-state index contributed by atoms with van der Waals surface area (Å²) in [5.41, 5.74) is 0. The molecule has 0 atom stereocenters. The fourth-order valence-corrected chi connectivity index (χ4v) is 3.36. The number of hydrogen-bond donors (Lipinski definition) is 1. The van der Waals surface area contributed by atoms with Crippen molar-refractivity contribution >= 4 is 21.9 Å². The monoisotopic (exact) mass is 399 g/mol. The molecule has 1 aromatic carbocycles. The molecule has 1 aliphatic rings. The van der Waals surface area contributed by atoms with Crippen molar-refractivity contribution in [1.82, 2.24) is 19.2 Å². The summed E-state index contributed by atoms with van der Waals surface area (Å²) >= 11 is 0. The number of halogens is 1. The van der Waals surface area contributed by atoms with E-state index < -0.39 is 26.8 Å². The maximum absolute atomic E-state index is 12.9. The van der Waals surface area contributed by atoms with Gasteiger partial charge in [0, 0.05) is 18.1 Å². The topological polar surface area (TPSA) is 137 Å². The fourth-order valence-electron chi connectivity index (χ4n) is 2.39. The molecular formula is C14H14FN5O6S. The van der Waals surface area contributed by atoms with Gasteiger partial charge >= 0.3 is 17.9 Å². The minimum Gasteiger partial charge on any atom is -0.444 e. The first-order valence-electron chi connectivity index (χ1n) is 7.68. The molecule has 0 saturated heterocycles. The second-order valence-electron chi connectivity index (χ2n) is 5.53. The normalized spacial score (nSPS) is 14.5. The number of urea groups is 1. The molecule has 0 spiro atoms. The number of carbonyl (C=O) groups excluding carboxylic acids is 1. The van der Waals surface area contributed by atoms with Gasteiger partial charge in [-0.1, -0.05) is 0 Å². The van der Waals surface area contributed by atoms with Crippen LogP contribution in [0.15, 0.2) is 35.4 Å². The van der Waals surface area contributed by atoms with E-state index in [0.29, 0.717) is 0 Å². The third-order valence-electron chi connectivity index (χ3n) is 3.75. The van der Waals surface area contributed by atoms with E-state index in [-0.39, 0.29) is 43.0 Å². The fraction of sp³-hybridized carbons (Fsp3) is 0.286. The average molecular weight is 399 g/mol. The largest absolute Gasteiger partial charge is 0.444 e. The van der Waals surface area contributed by atoms with E-state index in [9.17, 15) is 27.7 Å². The third-order valence-corrected chi connectivity index (χ3v) is 5.09. The molecule has 1 aromatic heterocycles. The Bertz CT molecular complexity index is 974. The standard InChI is InChI=1S/C14H14FN5O6S/c15-10-1-3-11(4-2-10)27(24,25)17-13(21)18-5-6-19-9-12(20(22)23)16-14(19)26-8-7-18/h1-4,9H,5-8H2,(H,17,21). The summed E-state index contributed by atoms with van der Waals surface area (Å²) < 4.78 is 46.0. The van der Waals surface area contributed by atoms with Gasteiger partial charge in [-0.15, -0.1) is 0 Å². The molecule has 1 N–H and O–H groups in total. The van der Waals surface area contributed by atoms with E-state index in [1.165, 1.54) is 15.7 Å². The minimum atomic E-state index is -4.17. The summed E-state index contributed by atoms with van der Waals surface area (Å²) in [6, 6.07) is 3.19. The number of carbonyl (C=O) groups is 1. The zero-order valence-corrected chi connectivity index (χ0v) is 14.6. The number of nitrogens with one attached hydrogen (secondary N) is 1. The number of ether oxygens (including phenoxy) is 1. The maximum Gasteiger partial charge on any atom is 0.414 e. The lowest BCUT2D eigenvalue weighted by Crippen LogP contribution is -2.46. The number of nitrogens with zero attached hydrogens (tertiary/aromatic N) is 4. The molecule has 27 heavy (non-hydrogen) atoms. The Kier molecular flexibility index (Phi) is 4.94. The Morgan fingerprint density at radius 2 is 1.96 bits per heavy atom.